The maximum Gasteiger partial charge on any atom is 0.246 e. The molecule has 1 saturated carbocycles. The van der Waals surface area contributed by atoms with Crippen LogP contribution in [0.15, 0.2) is 41.2 Å². The highest BCUT2D eigenvalue weighted by molar-refractivity contribution is 5.92. The number of benzene rings is 1. The first-order valence-corrected chi connectivity index (χ1v) is 12.7. The standard InChI is InChI=1S/C28H34N2O5/c1-17(2)15-30(23(32)7-4-18-9-13-34-16-18)20-8-10-28(33)22-14-19-5-6-21(31)25-24(19)27(28,26(20)35-25)11-12-29(22)3/h4-7,9,13,16-17,20,22,26,31,33H,8,10-12,14-15H2,1-3H3/b7-4+/t20-,22-,26+,27+,28-/m1/s1. The van der Waals surface area contributed by atoms with E-state index in [1.807, 2.05) is 17.0 Å². The van der Waals surface area contributed by atoms with Gasteiger partial charge in [-0.15, -0.1) is 0 Å². The summed E-state index contributed by atoms with van der Waals surface area (Å²) < 4.78 is 11.8. The van der Waals surface area contributed by atoms with Crippen LogP contribution in [-0.2, 0) is 16.6 Å². The first kappa shape index (κ1) is 22.7. The van der Waals surface area contributed by atoms with Crippen molar-refractivity contribution in [1.82, 2.24) is 9.80 Å². The predicted octanol–water partition coefficient (Wildman–Crippen LogP) is 3.34. The van der Waals surface area contributed by atoms with Gasteiger partial charge in [-0.3, -0.25) is 4.79 Å². The second kappa shape index (κ2) is 7.87. The van der Waals surface area contributed by atoms with Crippen LogP contribution in [-0.4, -0.2) is 69.8 Å². The number of rotatable bonds is 5. The van der Waals surface area contributed by atoms with E-state index in [2.05, 4.69) is 25.8 Å². The lowest BCUT2D eigenvalue weighted by Crippen LogP contribution is -2.78. The summed E-state index contributed by atoms with van der Waals surface area (Å²) in [5.41, 5.74) is 1.35. The summed E-state index contributed by atoms with van der Waals surface area (Å²) in [6.45, 7) is 5.65. The number of piperidine rings is 1. The number of nitrogens with zero attached hydrogens (tertiary/aromatic N) is 2. The average molecular weight is 479 g/mol. The molecule has 186 valence electrons. The Morgan fingerprint density at radius 2 is 2.14 bits per heavy atom. The number of phenolic OH excluding ortho intramolecular Hbond substituents is 1. The minimum absolute atomic E-state index is 0.0125. The van der Waals surface area contributed by atoms with Crippen molar-refractivity contribution < 1.29 is 24.2 Å². The van der Waals surface area contributed by atoms with Crippen molar-refractivity contribution in [1.29, 1.82) is 0 Å². The molecule has 2 fully saturated rings. The number of hydrogen-bond acceptors (Lipinski definition) is 6. The Kier molecular flexibility index (Phi) is 5.10. The van der Waals surface area contributed by atoms with Gasteiger partial charge in [0.25, 0.3) is 0 Å². The SMILES string of the molecule is CC(C)CN(C(=O)/C=C/c1ccoc1)[C@@H]1CC[C@@]2(O)[C@H]3Cc4ccc(O)c5c4[C@@]2(CCN3C)[C@H]1O5. The summed E-state index contributed by atoms with van der Waals surface area (Å²) in [6.07, 6.45) is 8.87. The van der Waals surface area contributed by atoms with Gasteiger partial charge < -0.3 is 29.2 Å². The fourth-order valence-electron chi connectivity index (χ4n) is 7.46. The highest BCUT2D eigenvalue weighted by atomic mass is 16.5. The number of furan rings is 1. The number of hydrogen-bond donors (Lipinski definition) is 2. The number of likely N-dealkylation sites (N-methyl/N-ethyl adjacent to an activating group) is 1. The smallest absolute Gasteiger partial charge is 0.246 e. The Morgan fingerprint density at radius 3 is 2.89 bits per heavy atom. The summed E-state index contributed by atoms with van der Waals surface area (Å²) in [4.78, 5) is 17.8. The minimum atomic E-state index is -0.966. The van der Waals surface area contributed by atoms with Crippen molar-refractivity contribution in [2.45, 2.75) is 68.7 Å². The zero-order valence-electron chi connectivity index (χ0n) is 20.6. The molecule has 0 radical (unpaired) electrons. The van der Waals surface area contributed by atoms with Crippen LogP contribution in [0.3, 0.4) is 0 Å². The Morgan fingerprint density at radius 1 is 1.31 bits per heavy atom. The molecule has 1 saturated heterocycles. The van der Waals surface area contributed by atoms with Gasteiger partial charge in [-0.1, -0.05) is 19.9 Å². The zero-order chi connectivity index (χ0) is 24.5. The predicted molar refractivity (Wildman–Crippen MR) is 131 cm³/mol. The van der Waals surface area contributed by atoms with Crippen molar-refractivity contribution in [3.05, 3.63) is 53.5 Å². The maximum absolute atomic E-state index is 13.6. The lowest BCUT2D eigenvalue weighted by atomic mass is 9.48. The molecule has 2 aliphatic heterocycles. The third-order valence-corrected chi connectivity index (χ3v) is 8.91. The van der Waals surface area contributed by atoms with E-state index in [0.717, 1.165) is 36.1 Å². The highest BCUT2D eigenvalue weighted by Crippen LogP contribution is 2.65. The van der Waals surface area contributed by atoms with Crippen molar-refractivity contribution in [3.63, 3.8) is 0 Å². The fraction of sp³-hybridized carbons (Fsp3) is 0.536. The van der Waals surface area contributed by atoms with E-state index in [4.69, 9.17) is 9.15 Å². The summed E-state index contributed by atoms with van der Waals surface area (Å²) in [5, 5.41) is 23.2. The number of amides is 1. The molecule has 5 atom stereocenters. The Labute approximate surface area is 206 Å². The van der Waals surface area contributed by atoms with Crippen LogP contribution in [0.2, 0.25) is 0 Å². The van der Waals surface area contributed by atoms with E-state index >= 15 is 0 Å². The molecule has 0 unspecified atom stereocenters. The second-order valence-corrected chi connectivity index (χ2v) is 11.2. The molecule has 7 heteroatoms. The first-order valence-electron chi connectivity index (χ1n) is 12.7. The molecule has 2 aliphatic carbocycles. The number of aromatic hydroxyl groups is 1. The van der Waals surface area contributed by atoms with Crippen LogP contribution in [0, 0.1) is 5.92 Å². The molecule has 6 rings (SSSR count). The van der Waals surface area contributed by atoms with Gasteiger partial charge in [-0.05, 0) is 69.0 Å². The summed E-state index contributed by atoms with van der Waals surface area (Å²) in [7, 11) is 2.09. The number of carbonyl (C=O) groups excluding carboxylic acids is 1. The van der Waals surface area contributed by atoms with Crippen LogP contribution < -0.4 is 4.74 Å². The fourth-order valence-corrected chi connectivity index (χ4v) is 7.46. The lowest BCUT2D eigenvalue weighted by Gasteiger charge is -2.64. The van der Waals surface area contributed by atoms with Gasteiger partial charge in [0.15, 0.2) is 11.5 Å². The zero-order valence-corrected chi connectivity index (χ0v) is 20.6. The van der Waals surface area contributed by atoms with Gasteiger partial charge in [0, 0.05) is 29.8 Å². The number of aliphatic hydroxyl groups is 1. The van der Waals surface area contributed by atoms with Crippen LogP contribution in [0.5, 0.6) is 11.5 Å². The van der Waals surface area contributed by atoms with Gasteiger partial charge in [0.05, 0.1) is 29.6 Å². The summed E-state index contributed by atoms with van der Waals surface area (Å²) >= 11 is 0. The molecule has 35 heavy (non-hydrogen) atoms. The lowest BCUT2D eigenvalue weighted by molar-refractivity contribution is -0.197. The number of likely N-dealkylation sites (tertiary alicyclic amines) is 1. The topological polar surface area (TPSA) is 86.4 Å². The minimum Gasteiger partial charge on any atom is -0.504 e. The van der Waals surface area contributed by atoms with Gasteiger partial charge in [0.2, 0.25) is 5.91 Å². The highest BCUT2D eigenvalue weighted by Gasteiger charge is 2.73. The van der Waals surface area contributed by atoms with Crippen LogP contribution in [0.1, 0.15) is 49.8 Å². The van der Waals surface area contributed by atoms with E-state index in [0.29, 0.717) is 25.1 Å². The van der Waals surface area contributed by atoms with E-state index in [-0.39, 0.29) is 29.7 Å². The molecular formula is C28H34N2O5. The third kappa shape index (κ3) is 3.07. The van der Waals surface area contributed by atoms with Crippen LogP contribution >= 0.6 is 0 Å². The van der Waals surface area contributed by atoms with E-state index in [1.54, 1.807) is 30.7 Å². The van der Waals surface area contributed by atoms with E-state index < -0.39 is 17.1 Å². The molecule has 1 aromatic carbocycles. The molecule has 1 amide bonds. The van der Waals surface area contributed by atoms with Crippen molar-refractivity contribution in [2.75, 3.05) is 20.1 Å². The molecule has 2 bridgehead atoms. The monoisotopic (exact) mass is 478 g/mol. The largest absolute Gasteiger partial charge is 0.504 e. The van der Waals surface area contributed by atoms with Crippen molar-refractivity contribution >= 4 is 12.0 Å². The maximum atomic E-state index is 13.6. The first-order chi connectivity index (χ1) is 16.8. The van der Waals surface area contributed by atoms with E-state index in [9.17, 15) is 15.0 Å². The van der Waals surface area contributed by atoms with Crippen molar-refractivity contribution in [2.24, 2.45) is 5.92 Å². The van der Waals surface area contributed by atoms with Crippen LogP contribution in [0.4, 0.5) is 0 Å². The molecule has 7 nitrogen and oxygen atoms in total. The molecule has 2 N–H and O–H groups in total. The number of carbonyl (C=O) groups is 1. The van der Waals surface area contributed by atoms with Gasteiger partial charge in [0.1, 0.15) is 6.10 Å². The summed E-state index contributed by atoms with van der Waals surface area (Å²) in [5.74, 6) is 0.819. The van der Waals surface area contributed by atoms with Gasteiger partial charge >= 0.3 is 0 Å². The quantitative estimate of drug-likeness (QED) is 0.641. The Bertz CT molecular complexity index is 1170. The molecule has 2 aromatic rings. The third-order valence-electron chi connectivity index (χ3n) is 8.91. The average Bonchev–Trinajstić information content (AvgIpc) is 3.46. The van der Waals surface area contributed by atoms with Crippen molar-refractivity contribution in [3.8, 4) is 11.5 Å². The normalized spacial score (nSPS) is 33.1. The Balaban J connectivity index is 1.44. The summed E-state index contributed by atoms with van der Waals surface area (Å²) in [6, 6.07) is 5.30. The van der Waals surface area contributed by atoms with Gasteiger partial charge in [-0.2, -0.15) is 0 Å². The molecule has 3 heterocycles. The number of ether oxygens (including phenoxy) is 1. The Hall–Kier alpha value is -2.77. The van der Waals surface area contributed by atoms with Gasteiger partial charge in [-0.25, -0.2) is 0 Å². The van der Waals surface area contributed by atoms with Crippen LogP contribution in [0.25, 0.3) is 6.08 Å². The molecule has 1 spiro atoms. The number of phenols is 1. The molecular weight excluding hydrogens is 444 g/mol. The second-order valence-electron chi connectivity index (χ2n) is 11.2. The molecule has 4 aliphatic rings. The van der Waals surface area contributed by atoms with E-state index in [1.165, 1.54) is 0 Å². The molecule has 1 aromatic heterocycles.